The lowest BCUT2D eigenvalue weighted by atomic mass is 9.77. The number of aromatic carboxylic acids is 1. The lowest BCUT2D eigenvalue weighted by Gasteiger charge is -2.39. The zero-order chi connectivity index (χ0) is 14.8. The summed E-state index contributed by atoms with van der Waals surface area (Å²) in [5, 5.41) is 22.2. The van der Waals surface area contributed by atoms with E-state index in [2.05, 4.69) is 12.2 Å². The molecule has 0 aliphatic heterocycles. The van der Waals surface area contributed by atoms with Crippen molar-refractivity contribution in [1.82, 2.24) is 5.32 Å². The first-order chi connectivity index (χ1) is 9.46. The molecule has 1 fully saturated rings. The van der Waals surface area contributed by atoms with Crippen molar-refractivity contribution in [3.05, 3.63) is 21.4 Å². The highest BCUT2D eigenvalue weighted by Crippen LogP contribution is 2.32. The summed E-state index contributed by atoms with van der Waals surface area (Å²) in [4.78, 5) is 12.4. The Morgan fingerprint density at radius 2 is 2.15 bits per heavy atom. The van der Waals surface area contributed by atoms with Gasteiger partial charge in [-0.05, 0) is 50.2 Å². The number of aryl methyl sites for hydroxylation is 1. The van der Waals surface area contributed by atoms with E-state index in [0.717, 1.165) is 42.0 Å². The van der Waals surface area contributed by atoms with Crippen LogP contribution in [0.25, 0.3) is 0 Å². The van der Waals surface area contributed by atoms with Gasteiger partial charge in [-0.2, -0.15) is 0 Å². The molecule has 2 rings (SSSR count). The van der Waals surface area contributed by atoms with Crippen LogP contribution in [0.1, 0.15) is 52.7 Å². The number of thiophene rings is 1. The van der Waals surface area contributed by atoms with Crippen molar-refractivity contribution in [1.29, 1.82) is 0 Å². The second kappa shape index (κ2) is 6.24. The van der Waals surface area contributed by atoms with E-state index in [4.69, 9.17) is 5.11 Å². The van der Waals surface area contributed by atoms with Crippen molar-refractivity contribution < 1.29 is 15.0 Å². The van der Waals surface area contributed by atoms with Crippen molar-refractivity contribution in [2.45, 2.75) is 51.6 Å². The van der Waals surface area contributed by atoms with Gasteiger partial charge in [0.2, 0.25) is 0 Å². The molecule has 3 N–H and O–H groups in total. The summed E-state index contributed by atoms with van der Waals surface area (Å²) in [5.41, 5.74) is 0.837. The first kappa shape index (κ1) is 15.5. The molecular weight excluding hydrogens is 274 g/mol. The molecule has 4 nitrogen and oxygen atoms in total. The molecule has 0 spiro atoms. The van der Waals surface area contributed by atoms with Gasteiger partial charge in [0.1, 0.15) is 4.88 Å². The number of rotatable bonds is 5. The van der Waals surface area contributed by atoms with Crippen LogP contribution in [0.5, 0.6) is 0 Å². The quantitative estimate of drug-likeness (QED) is 0.781. The standard InChI is InChI=1S/C15H23NO3S/c1-10-3-5-15(9-17,6-4-10)16-8-12-7-13(14(18)19)20-11(12)2/h7,10,16-17H,3-6,8-9H2,1-2H3,(H,18,19). The molecule has 1 heterocycles. The minimum Gasteiger partial charge on any atom is -0.477 e. The molecule has 0 saturated heterocycles. The lowest BCUT2D eigenvalue weighted by molar-refractivity contribution is 0.0702. The molecular formula is C15H23NO3S. The minimum absolute atomic E-state index is 0.148. The molecule has 0 amide bonds. The third kappa shape index (κ3) is 3.40. The van der Waals surface area contributed by atoms with Crippen LogP contribution in [0.3, 0.4) is 0 Å². The first-order valence-electron chi connectivity index (χ1n) is 7.14. The predicted octanol–water partition coefficient (Wildman–Crippen LogP) is 2.79. The van der Waals surface area contributed by atoms with Gasteiger partial charge in [0.15, 0.2) is 0 Å². The smallest absolute Gasteiger partial charge is 0.345 e. The van der Waals surface area contributed by atoms with E-state index in [-0.39, 0.29) is 12.1 Å². The van der Waals surface area contributed by atoms with Crippen molar-refractivity contribution in [3.8, 4) is 0 Å². The Morgan fingerprint density at radius 1 is 1.50 bits per heavy atom. The fourth-order valence-corrected chi connectivity index (χ4v) is 3.67. The molecule has 1 aliphatic carbocycles. The number of carboxylic acid groups (broad SMARTS) is 1. The zero-order valence-electron chi connectivity index (χ0n) is 12.1. The van der Waals surface area contributed by atoms with E-state index in [0.29, 0.717) is 11.4 Å². The van der Waals surface area contributed by atoms with Gasteiger partial charge in [0.05, 0.1) is 6.61 Å². The lowest BCUT2D eigenvalue weighted by Crippen LogP contribution is -2.50. The Kier molecular flexibility index (Phi) is 4.83. The summed E-state index contributed by atoms with van der Waals surface area (Å²) < 4.78 is 0. The maximum Gasteiger partial charge on any atom is 0.345 e. The summed E-state index contributed by atoms with van der Waals surface area (Å²) in [6, 6.07) is 1.74. The molecule has 112 valence electrons. The third-order valence-electron chi connectivity index (χ3n) is 4.42. The highest BCUT2D eigenvalue weighted by Gasteiger charge is 2.33. The summed E-state index contributed by atoms with van der Waals surface area (Å²) in [6.07, 6.45) is 4.24. The summed E-state index contributed by atoms with van der Waals surface area (Å²) in [5.74, 6) is -0.134. The molecule has 20 heavy (non-hydrogen) atoms. The third-order valence-corrected chi connectivity index (χ3v) is 5.50. The van der Waals surface area contributed by atoms with Crippen LogP contribution in [0.15, 0.2) is 6.07 Å². The summed E-state index contributed by atoms with van der Waals surface area (Å²) >= 11 is 1.31. The average Bonchev–Trinajstić information content (AvgIpc) is 2.80. The molecule has 5 heteroatoms. The minimum atomic E-state index is -0.868. The van der Waals surface area contributed by atoms with Crippen LogP contribution in [-0.2, 0) is 6.54 Å². The summed E-state index contributed by atoms with van der Waals surface area (Å²) in [7, 11) is 0. The maximum atomic E-state index is 11.0. The SMILES string of the molecule is Cc1sc(C(=O)O)cc1CNC1(CO)CCC(C)CC1. The zero-order valence-corrected chi connectivity index (χ0v) is 12.9. The normalized spacial score (nSPS) is 26.6. The number of hydrogen-bond donors (Lipinski definition) is 3. The maximum absolute atomic E-state index is 11.0. The summed E-state index contributed by atoms with van der Waals surface area (Å²) in [6.45, 7) is 4.98. The van der Waals surface area contributed by atoms with Crippen LogP contribution >= 0.6 is 11.3 Å². The molecule has 0 aromatic carbocycles. The van der Waals surface area contributed by atoms with E-state index < -0.39 is 5.97 Å². The number of hydrogen-bond acceptors (Lipinski definition) is 4. The van der Waals surface area contributed by atoms with Crippen molar-refractivity contribution in [2.75, 3.05) is 6.61 Å². The average molecular weight is 297 g/mol. The Balaban J connectivity index is 2.01. The molecule has 1 aromatic heterocycles. The largest absolute Gasteiger partial charge is 0.477 e. The molecule has 0 bridgehead atoms. The number of aliphatic hydroxyl groups excluding tert-OH is 1. The van der Waals surface area contributed by atoms with E-state index in [1.165, 1.54) is 11.3 Å². The molecule has 0 radical (unpaired) electrons. The number of aliphatic hydroxyl groups is 1. The van der Waals surface area contributed by atoms with Gasteiger partial charge < -0.3 is 15.5 Å². The van der Waals surface area contributed by atoms with Gasteiger partial charge in [0.25, 0.3) is 0 Å². The van der Waals surface area contributed by atoms with Gasteiger partial charge in [-0.1, -0.05) is 6.92 Å². The van der Waals surface area contributed by atoms with E-state index in [9.17, 15) is 9.90 Å². The highest BCUT2D eigenvalue weighted by molar-refractivity contribution is 7.14. The first-order valence-corrected chi connectivity index (χ1v) is 7.96. The number of nitrogens with one attached hydrogen (secondary N) is 1. The second-order valence-electron chi connectivity index (χ2n) is 5.97. The van der Waals surface area contributed by atoms with Crippen LogP contribution in [-0.4, -0.2) is 28.3 Å². The van der Waals surface area contributed by atoms with E-state index in [1.807, 2.05) is 6.92 Å². The van der Waals surface area contributed by atoms with Crippen LogP contribution in [0.2, 0.25) is 0 Å². The Labute approximate surface area is 123 Å². The van der Waals surface area contributed by atoms with Gasteiger partial charge in [0, 0.05) is 17.0 Å². The predicted molar refractivity (Wildman–Crippen MR) is 80.3 cm³/mol. The molecule has 1 aliphatic rings. The number of carbonyl (C=O) groups is 1. The fourth-order valence-electron chi connectivity index (χ4n) is 2.79. The topological polar surface area (TPSA) is 69.6 Å². The number of carboxylic acids is 1. The monoisotopic (exact) mass is 297 g/mol. The molecule has 0 atom stereocenters. The fraction of sp³-hybridized carbons (Fsp3) is 0.667. The Bertz CT molecular complexity index is 475. The van der Waals surface area contributed by atoms with Crippen LogP contribution < -0.4 is 5.32 Å². The van der Waals surface area contributed by atoms with E-state index >= 15 is 0 Å². The molecule has 1 aromatic rings. The van der Waals surface area contributed by atoms with Crippen molar-refractivity contribution >= 4 is 17.3 Å². The molecule has 1 saturated carbocycles. The van der Waals surface area contributed by atoms with Gasteiger partial charge in [-0.25, -0.2) is 4.79 Å². The van der Waals surface area contributed by atoms with Crippen LogP contribution in [0.4, 0.5) is 0 Å². The second-order valence-corrected chi connectivity index (χ2v) is 7.23. The Hall–Kier alpha value is -0.910. The van der Waals surface area contributed by atoms with Crippen molar-refractivity contribution in [2.24, 2.45) is 5.92 Å². The van der Waals surface area contributed by atoms with Gasteiger partial charge in [-0.3, -0.25) is 0 Å². The molecule has 0 unspecified atom stereocenters. The van der Waals surface area contributed by atoms with Crippen LogP contribution in [0, 0.1) is 12.8 Å². The van der Waals surface area contributed by atoms with Crippen molar-refractivity contribution in [3.63, 3.8) is 0 Å². The van der Waals surface area contributed by atoms with Gasteiger partial charge in [-0.15, -0.1) is 11.3 Å². The van der Waals surface area contributed by atoms with Gasteiger partial charge >= 0.3 is 5.97 Å². The highest BCUT2D eigenvalue weighted by atomic mass is 32.1. The van der Waals surface area contributed by atoms with E-state index in [1.54, 1.807) is 6.07 Å². The Morgan fingerprint density at radius 3 is 2.65 bits per heavy atom.